The van der Waals surface area contributed by atoms with Crippen molar-refractivity contribution in [3.63, 3.8) is 0 Å². The molecule has 1 saturated carbocycles. The van der Waals surface area contributed by atoms with Crippen LogP contribution in [-0.4, -0.2) is 76.0 Å². The number of H-pyrrole nitrogens is 1. The smallest absolute Gasteiger partial charge is 0.432 e. The van der Waals surface area contributed by atoms with Crippen molar-refractivity contribution in [3.05, 3.63) is 33.1 Å². The van der Waals surface area contributed by atoms with Crippen molar-refractivity contribution in [2.24, 2.45) is 0 Å². The predicted octanol–water partition coefficient (Wildman–Crippen LogP) is 1.77. The van der Waals surface area contributed by atoms with Crippen LogP contribution in [-0.2, 0) is 41.8 Å². The Bertz CT molecular complexity index is 1220. The van der Waals surface area contributed by atoms with Gasteiger partial charge in [-0.25, -0.2) is 36.8 Å². The number of ether oxygens (including phenoxy) is 5. The lowest BCUT2D eigenvalue weighted by molar-refractivity contribution is -0.163. The zero-order valence-electron chi connectivity index (χ0n) is 21.3. The highest BCUT2D eigenvalue weighted by Gasteiger charge is 2.96. The van der Waals surface area contributed by atoms with Gasteiger partial charge in [-0.05, 0) is 34.6 Å². The van der Waals surface area contributed by atoms with E-state index in [0.29, 0.717) is 11.5 Å². The summed E-state index contributed by atoms with van der Waals surface area (Å²) in [5.41, 5.74) is -8.31. The maximum absolute atomic E-state index is 15.8. The van der Waals surface area contributed by atoms with E-state index in [-0.39, 0.29) is 0 Å². The molecule has 1 aromatic heterocycles. The second kappa shape index (κ2) is 10.9. The van der Waals surface area contributed by atoms with Gasteiger partial charge < -0.3 is 28.8 Å². The highest BCUT2D eigenvalue weighted by Crippen LogP contribution is 2.73. The first-order valence-electron chi connectivity index (χ1n) is 11.3. The van der Waals surface area contributed by atoms with Gasteiger partial charge in [0.05, 0.1) is 12.2 Å². The second-order valence-corrected chi connectivity index (χ2v) is 10.6. The highest BCUT2D eigenvalue weighted by atomic mass is 31.2. The molecule has 2 fully saturated rings. The van der Waals surface area contributed by atoms with Gasteiger partial charge in [-0.3, -0.25) is 18.9 Å². The molecule has 39 heavy (non-hydrogen) atoms. The number of nitrogens with one attached hydrogen (secondary N) is 1. The quantitative estimate of drug-likeness (QED) is 0.215. The molecule has 220 valence electrons. The second-order valence-electron chi connectivity index (χ2n) is 9.02. The van der Waals surface area contributed by atoms with E-state index < -0.39 is 86.6 Å². The number of carbonyl (C=O) groups is 2. The standard InChI is InChI=1S/C20H27F2N2O14P/c1-10(2)35-16(27)31-8-33-39(30,34-9-32-17(28)36-11(3)4)38-13-19(29)18(5,21)14(37-20(13,19)22)24-7-6-12(25)23-15(24)26/h6-7,10-11,13-14,29H,8-9H2,1-5H3,(H,23,25,26)/t13?,14-,18+,19+,20-/m1/s1. The molecule has 2 heterocycles. The van der Waals surface area contributed by atoms with E-state index in [2.05, 4.69) is 18.9 Å². The monoisotopic (exact) mass is 588 g/mol. The Hall–Kier alpha value is -2.89. The number of phosphoric ester groups is 1. The van der Waals surface area contributed by atoms with E-state index in [0.717, 1.165) is 12.3 Å². The van der Waals surface area contributed by atoms with Crippen LogP contribution in [0.1, 0.15) is 40.8 Å². The molecule has 0 aromatic carbocycles. The van der Waals surface area contributed by atoms with Crippen molar-refractivity contribution in [2.45, 2.75) is 76.3 Å². The van der Waals surface area contributed by atoms with Gasteiger partial charge in [-0.2, -0.15) is 0 Å². The fourth-order valence-electron chi connectivity index (χ4n) is 3.60. The molecule has 0 amide bonds. The summed E-state index contributed by atoms with van der Waals surface area (Å²) in [4.78, 5) is 48.3. The Labute approximate surface area is 218 Å². The van der Waals surface area contributed by atoms with Crippen LogP contribution in [0, 0.1) is 0 Å². The SMILES string of the molecule is CC(C)OC(=O)OCOP(=O)(OCOC(=O)OC(C)C)OC1[C@]2(O)[C@@](C)(F)[C@H](n3ccc(=O)[nH]c3=O)O[C@]12F. The van der Waals surface area contributed by atoms with Gasteiger partial charge in [0.15, 0.2) is 23.6 Å². The molecule has 2 N–H and O–H groups in total. The Balaban J connectivity index is 1.76. The van der Waals surface area contributed by atoms with Crippen molar-refractivity contribution in [1.82, 2.24) is 9.55 Å². The Morgan fingerprint density at radius 3 is 2.03 bits per heavy atom. The minimum Gasteiger partial charge on any atom is -0.432 e. The summed E-state index contributed by atoms with van der Waals surface area (Å²) in [6, 6.07) is 0.832. The van der Waals surface area contributed by atoms with Crippen LogP contribution in [0.25, 0.3) is 0 Å². The number of aliphatic hydroxyl groups is 1. The first-order chi connectivity index (χ1) is 18.0. The first kappa shape index (κ1) is 30.6. The van der Waals surface area contributed by atoms with Gasteiger partial charge >= 0.3 is 25.8 Å². The summed E-state index contributed by atoms with van der Waals surface area (Å²) >= 11 is 0. The van der Waals surface area contributed by atoms with Gasteiger partial charge in [0.1, 0.15) is 0 Å². The van der Waals surface area contributed by atoms with Crippen LogP contribution < -0.4 is 11.2 Å². The number of alkyl halides is 2. The molecule has 0 bridgehead atoms. The molecule has 1 aromatic rings. The number of aromatic amines is 1. The minimum absolute atomic E-state index is 0.485. The van der Waals surface area contributed by atoms with Crippen molar-refractivity contribution in [1.29, 1.82) is 0 Å². The van der Waals surface area contributed by atoms with E-state index >= 15 is 8.78 Å². The third kappa shape index (κ3) is 6.00. The molecule has 1 aliphatic carbocycles. The lowest BCUT2D eigenvalue weighted by Crippen LogP contribution is -2.48. The highest BCUT2D eigenvalue weighted by molar-refractivity contribution is 7.48. The lowest BCUT2D eigenvalue weighted by atomic mass is 9.97. The fraction of sp³-hybridized carbons (Fsp3) is 0.700. The van der Waals surface area contributed by atoms with Gasteiger partial charge in [0, 0.05) is 12.3 Å². The Morgan fingerprint density at radius 2 is 1.62 bits per heavy atom. The largest absolute Gasteiger partial charge is 0.510 e. The molecular weight excluding hydrogens is 561 g/mol. The molecule has 1 unspecified atom stereocenters. The van der Waals surface area contributed by atoms with E-state index in [4.69, 9.17) is 18.3 Å². The zero-order valence-corrected chi connectivity index (χ0v) is 22.2. The van der Waals surface area contributed by atoms with E-state index in [1.165, 1.54) is 27.7 Å². The molecule has 5 atom stereocenters. The van der Waals surface area contributed by atoms with Crippen LogP contribution in [0.5, 0.6) is 0 Å². The Morgan fingerprint density at radius 1 is 1.10 bits per heavy atom. The summed E-state index contributed by atoms with van der Waals surface area (Å²) in [6.07, 6.45) is -7.36. The maximum Gasteiger partial charge on any atom is 0.510 e. The number of hydrogen-bond donors (Lipinski definition) is 2. The first-order valence-corrected chi connectivity index (χ1v) is 12.8. The molecule has 2 aliphatic rings. The van der Waals surface area contributed by atoms with Crippen molar-refractivity contribution >= 4 is 20.1 Å². The van der Waals surface area contributed by atoms with Crippen molar-refractivity contribution in [3.8, 4) is 0 Å². The fourth-order valence-corrected chi connectivity index (χ4v) is 4.71. The van der Waals surface area contributed by atoms with Crippen LogP contribution in [0.4, 0.5) is 18.4 Å². The average Bonchev–Trinajstić information content (AvgIpc) is 3.18. The Kier molecular flexibility index (Phi) is 8.60. The molecule has 0 spiro atoms. The zero-order chi connectivity index (χ0) is 29.4. The number of phosphoric acid groups is 1. The predicted molar refractivity (Wildman–Crippen MR) is 120 cm³/mol. The van der Waals surface area contributed by atoms with Gasteiger partial charge in [0.2, 0.25) is 13.6 Å². The summed E-state index contributed by atoms with van der Waals surface area (Å²) in [5, 5.41) is 10.9. The number of fused-ring (bicyclic) bond motifs is 1. The minimum atomic E-state index is -5.13. The molecule has 3 rings (SSSR count). The van der Waals surface area contributed by atoms with Crippen LogP contribution >= 0.6 is 7.82 Å². The average molecular weight is 588 g/mol. The molecule has 1 saturated heterocycles. The number of aromatic nitrogens is 2. The van der Waals surface area contributed by atoms with E-state index in [1.54, 1.807) is 0 Å². The van der Waals surface area contributed by atoms with Crippen LogP contribution in [0.2, 0.25) is 0 Å². The normalized spacial score (nSPS) is 29.7. The van der Waals surface area contributed by atoms with Crippen LogP contribution in [0.3, 0.4) is 0 Å². The maximum atomic E-state index is 15.8. The number of halogens is 2. The molecular formula is C20H27F2N2O14P. The summed E-state index contributed by atoms with van der Waals surface area (Å²) < 4.78 is 82.9. The van der Waals surface area contributed by atoms with Gasteiger partial charge in [0.25, 0.3) is 11.4 Å². The molecule has 1 aliphatic heterocycles. The lowest BCUT2D eigenvalue weighted by Gasteiger charge is -2.30. The van der Waals surface area contributed by atoms with Gasteiger partial charge in [-0.15, -0.1) is 0 Å². The molecule has 16 nitrogen and oxygen atoms in total. The van der Waals surface area contributed by atoms with E-state index in [9.17, 15) is 28.8 Å². The summed E-state index contributed by atoms with van der Waals surface area (Å²) in [6.45, 7) is 4.36. The third-order valence-electron chi connectivity index (χ3n) is 5.42. The number of hydrogen-bond acceptors (Lipinski definition) is 14. The topological polar surface area (TPSA) is 200 Å². The number of nitrogens with zero attached hydrogens (tertiary/aromatic N) is 1. The molecule has 0 radical (unpaired) electrons. The summed E-state index contributed by atoms with van der Waals surface area (Å²) in [5.74, 6) is -3.41. The van der Waals surface area contributed by atoms with Crippen LogP contribution in [0.15, 0.2) is 21.9 Å². The van der Waals surface area contributed by atoms with Crippen molar-refractivity contribution in [2.75, 3.05) is 13.6 Å². The van der Waals surface area contributed by atoms with Crippen molar-refractivity contribution < 1.29 is 65.3 Å². The summed E-state index contributed by atoms with van der Waals surface area (Å²) in [7, 11) is -5.13. The van der Waals surface area contributed by atoms with Gasteiger partial charge in [-0.1, -0.05) is 0 Å². The molecule has 19 heteroatoms. The number of carbonyl (C=O) groups excluding carboxylic acids is 2. The third-order valence-corrected chi connectivity index (χ3v) is 6.73. The number of rotatable bonds is 11. The van der Waals surface area contributed by atoms with E-state index in [1.807, 2.05) is 4.98 Å².